The zero-order chi connectivity index (χ0) is 22.5. The topological polar surface area (TPSA) is 52.8 Å². The molecule has 2 aromatic heterocycles. The highest BCUT2D eigenvalue weighted by Gasteiger charge is 2.14. The summed E-state index contributed by atoms with van der Waals surface area (Å²) in [4.78, 5) is 4.81. The van der Waals surface area contributed by atoms with E-state index in [9.17, 15) is 0 Å². The average Bonchev–Trinajstić information content (AvgIpc) is 3.38. The van der Waals surface area contributed by atoms with Crippen LogP contribution in [0.15, 0.2) is 65.7 Å². The summed E-state index contributed by atoms with van der Waals surface area (Å²) in [6, 6.07) is 14.6. The van der Waals surface area contributed by atoms with Crippen LogP contribution in [0.2, 0.25) is 0 Å². The molecule has 0 unspecified atom stereocenters. The molecule has 0 saturated heterocycles. The van der Waals surface area contributed by atoms with Crippen molar-refractivity contribution < 1.29 is 4.74 Å². The van der Waals surface area contributed by atoms with Gasteiger partial charge in [0.1, 0.15) is 17.4 Å². The summed E-state index contributed by atoms with van der Waals surface area (Å²) < 4.78 is 8.05. The Bertz CT molecular complexity index is 1210. The maximum Gasteiger partial charge on any atom is 0.191 e. The number of rotatable bonds is 9. The van der Waals surface area contributed by atoms with Gasteiger partial charge in [-0.05, 0) is 50.1 Å². The molecule has 5 nitrogen and oxygen atoms in total. The number of benzene rings is 2. The van der Waals surface area contributed by atoms with E-state index in [0.29, 0.717) is 13.2 Å². The third-order valence-electron chi connectivity index (χ3n) is 4.83. The van der Waals surface area contributed by atoms with Gasteiger partial charge in [0.2, 0.25) is 0 Å². The molecule has 0 fully saturated rings. The standard InChI is InChI=1S/C25H26N4OS2/c1-5-9-29-23(14-30-22-12-18(3)10-19(4)13-22)27-28-25(29)32-16-21-15-31-24(26-21)20-8-6-7-17(2)11-20/h5-8,10-13,15H,1,9,14,16H2,2-4H3. The number of thiazole rings is 1. The van der Waals surface area contributed by atoms with E-state index in [2.05, 4.69) is 73.3 Å². The van der Waals surface area contributed by atoms with E-state index < -0.39 is 0 Å². The van der Waals surface area contributed by atoms with Gasteiger partial charge in [0.25, 0.3) is 0 Å². The van der Waals surface area contributed by atoms with Gasteiger partial charge in [-0.2, -0.15) is 0 Å². The van der Waals surface area contributed by atoms with Crippen LogP contribution in [-0.2, 0) is 18.9 Å². The molecule has 0 N–H and O–H groups in total. The molecule has 32 heavy (non-hydrogen) atoms. The van der Waals surface area contributed by atoms with Crippen LogP contribution in [0.4, 0.5) is 0 Å². The van der Waals surface area contributed by atoms with Crippen LogP contribution in [-0.4, -0.2) is 19.7 Å². The van der Waals surface area contributed by atoms with Gasteiger partial charge in [-0.3, -0.25) is 4.57 Å². The van der Waals surface area contributed by atoms with Crippen molar-refractivity contribution in [2.45, 2.75) is 44.8 Å². The summed E-state index contributed by atoms with van der Waals surface area (Å²) in [5, 5.41) is 12.8. The fourth-order valence-corrected chi connectivity index (χ4v) is 5.21. The molecule has 4 aromatic rings. The minimum absolute atomic E-state index is 0.360. The van der Waals surface area contributed by atoms with Crippen molar-refractivity contribution in [1.29, 1.82) is 0 Å². The highest BCUT2D eigenvalue weighted by atomic mass is 32.2. The molecule has 0 bridgehead atoms. The lowest BCUT2D eigenvalue weighted by atomic mass is 10.1. The zero-order valence-corrected chi connectivity index (χ0v) is 20.2. The molecule has 2 heterocycles. The molecule has 2 aromatic carbocycles. The second-order valence-electron chi connectivity index (χ2n) is 7.71. The first kappa shape index (κ1) is 22.3. The van der Waals surface area contributed by atoms with Crippen LogP contribution in [0.25, 0.3) is 10.6 Å². The second-order valence-corrected chi connectivity index (χ2v) is 9.51. The molecule has 4 rings (SSSR count). The number of hydrogen-bond donors (Lipinski definition) is 0. The summed E-state index contributed by atoms with van der Waals surface area (Å²) in [5.41, 5.74) is 5.79. The van der Waals surface area contributed by atoms with Crippen molar-refractivity contribution in [2.24, 2.45) is 0 Å². The molecule has 0 aliphatic carbocycles. The Morgan fingerprint density at radius 3 is 2.62 bits per heavy atom. The molecule has 164 valence electrons. The second kappa shape index (κ2) is 10.1. The van der Waals surface area contributed by atoms with Crippen LogP contribution in [0.1, 0.15) is 28.2 Å². The van der Waals surface area contributed by atoms with Gasteiger partial charge in [0.15, 0.2) is 11.0 Å². The molecule has 0 amide bonds. The third-order valence-corrected chi connectivity index (χ3v) is 6.77. The lowest BCUT2D eigenvalue weighted by molar-refractivity contribution is 0.289. The smallest absolute Gasteiger partial charge is 0.191 e. The number of ether oxygens (including phenoxy) is 1. The molecule has 0 spiro atoms. The Balaban J connectivity index is 1.44. The summed E-state index contributed by atoms with van der Waals surface area (Å²) in [6.45, 7) is 11.1. The van der Waals surface area contributed by atoms with Gasteiger partial charge < -0.3 is 4.74 Å². The van der Waals surface area contributed by atoms with E-state index >= 15 is 0 Å². The van der Waals surface area contributed by atoms with Gasteiger partial charge in [-0.25, -0.2) is 4.98 Å². The zero-order valence-electron chi connectivity index (χ0n) is 18.5. The number of allylic oxidation sites excluding steroid dienone is 1. The first-order chi connectivity index (χ1) is 15.5. The monoisotopic (exact) mass is 462 g/mol. The molecule has 0 aliphatic heterocycles. The Morgan fingerprint density at radius 2 is 1.88 bits per heavy atom. The molecule has 0 radical (unpaired) electrons. The first-order valence-corrected chi connectivity index (χ1v) is 12.3. The quantitative estimate of drug-likeness (QED) is 0.213. The molecule has 0 atom stereocenters. The van der Waals surface area contributed by atoms with E-state index in [1.807, 2.05) is 22.8 Å². The number of nitrogens with zero attached hydrogens (tertiary/aromatic N) is 4. The number of hydrogen-bond acceptors (Lipinski definition) is 6. The van der Waals surface area contributed by atoms with Gasteiger partial charge >= 0.3 is 0 Å². The number of thioether (sulfide) groups is 1. The minimum atomic E-state index is 0.360. The van der Waals surface area contributed by atoms with Gasteiger partial charge in [0.05, 0.1) is 5.69 Å². The first-order valence-electron chi connectivity index (χ1n) is 10.4. The van der Waals surface area contributed by atoms with Crippen molar-refractivity contribution in [2.75, 3.05) is 0 Å². The van der Waals surface area contributed by atoms with Crippen molar-refractivity contribution in [1.82, 2.24) is 19.7 Å². The lowest BCUT2D eigenvalue weighted by Crippen LogP contribution is -2.07. The molecule has 7 heteroatoms. The molecule has 0 saturated carbocycles. The number of aryl methyl sites for hydroxylation is 3. The SMILES string of the molecule is C=CCn1c(COc2cc(C)cc(C)c2)nnc1SCc1csc(-c2cccc(C)c2)n1. The van der Waals surface area contributed by atoms with Crippen LogP contribution >= 0.6 is 23.1 Å². The van der Waals surface area contributed by atoms with Gasteiger partial charge in [0, 0.05) is 23.2 Å². The average molecular weight is 463 g/mol. The van der Waals surface area contributed by atoms with E-state index in [1.54, 1.807) is 23.1 Å². The van der Waals surface area contributed by atoms with Crippen LogP contribution < -0.4 is 4.74 Å². The predicted octanol–water partition coefficient (Wildman–Crippen LogP) is 6.38. The molecule has 0 aliphatic rings. The Labute approximate surface area is 197 Å². The van der Waals surface area contributed by atoms with E-state index in [4.69, 9.17) is 9.72 Å². The highest BCUT2D eigenvalue weighted by Crippen LogP contribution is 2.28. The molecular formula is C25H26N4OS2. The Kier molecular flexibility index (Phi) is 7.07. The van der Waals surface area contributed by atoms with Crippen LogP contribution in [0.3, 0.4) is 0 Å². The van der Waals surface area contributed by atoms with Crippen molar-refractivity contribution in [3.63, 3.8) is 0 Å². The maximum atomic E-state index is 6.00. The van der Waals surface area contributed by atoms with Crippen molar-refractivity contribution >= 4 is 23.1 Å². The van der Waals surface area contributed by atoms with Crippen molar-refractivity contribution in [3.8, 4) is 16.3 Å². The van der Waals surface area contributed by atoms with Crippen LogP contribution in [0.5, 0.6) is 5.75 Å². The summed E-state index contributed by atoms with van der Waals surface area (Å²) in [5.74, 6) is 2.36. The van der Waals surface area contributed by atoms with E-state index in [-0.39, 0.29) is 0 Å². The molecular weight excluding hydrogens is 436 g/mol. The third kappa shape index (κ3) is 5.47. The van der Waals surface area contributed by atoms with E-state index in [0.717, 1.165) is 38.7 Å². The van der Waals surface area contributed by atoms with Gasteiger partial charge in [-0.1, -0.05) is 47.7 Å². The number of aromatic nitrogens is 4. The Hall–Kier alpha value is -2.90. The summed E-state index contributed by atoms with van der Waals surface area (Å²) >= 11 is 3.30. The maximum absolute atomic E-state index is 6.00. The largest absolute Gasteiger partial charge is 0.486 e. The van der Waals surface area contributed by atoms with E-state index in [1.165, 1.54) is 16.7 Å². The minimum Gasteiger partial charge on any atom is -0.486 e. The van der Waals surface area contributed by atoms with Crippen LogP contribution in [0, 0.1) is 20.8 Å². The fraction of sp³-hybridized carbons (Fsp3) is 0.240. The van der Waals surface area contributed by atoms with Crippen molar-refractivity contribution in [3.05, 3.63) is 88.7 Å². The normalized spacial score (nSPS) is 11.0. The Morgan fingerprint density at radius 1 is 1.06 bits per heavy atom. The lowest BCUT2D eigenvalue weighted by Gasteiger charge is -2.10. The summed E-state index contributed by atoms with van der Waals surface area (Å²) in [6.07, 6.45) is 1.85. The summed E-state index contributed by atoms with van der Waals surface area (Å²) in [7, 11) is 0. The van der Waals surface area contributed by atoms with Gasteiger partial charge in [-0.15, -0.1) is 28.1 Å². The highest BCUT2D eigenvalue weighted by molar-refractivity contribution is 7.98. The predicted molar refractivity (Wildman–Crippen MR) is 132 cm³/mol. The fourth-order valence-electron chi connectivity index (χ4n) is 3.43.